The average Bonchev–Trinajstić information content (AvgIpc) is 3.04. The highest BCUT2D eigenvalue weighted by molar-refractivity contribution is 7.17. The van der Waals surface area contributed by atoms with Gasteiger partial charge in [-0.25, -0.2) is 0 Å². The van der Waals surface area contributed by atoms with Gasteiger partial charge in [-0.1, -0.05) is 0 Å². The minimum absolute atomic E-state index is 0.325. The molecule has 0 unspecified atom stereocenters. The number of hydrogen-bond acceptors (Lipinski definition) is 6. The molecule has 2 aromatic rings. The molecule has 8 heteroatoms. The first kappa shape index (κ1) is 19.0. The van der Waals surface area contributed by atoms with Gasteiger partial charge in [0, 0.05) is 10.4 Å². The van der Waals surface area contributed by atoms with E-state index in [4.69, 9.17) is 19.9 Å². The number of fused-ring (bicyclic) bond motifs is 1. The lowest BCUT2D eigenvalue weighted by Gasteiger charge is -2.14. The molecule has 0 saturated carbocycles. The number of hydrogen-bond donors (Lipinski definition) is 2. The molecular formula is C19H22N2O5S. The summed E-state index contributed by atoms with van der Waals surface area (Å²) in [5, 5.41) is 3.33. The Labute approximate surface area is 161 Å². The molecule has 0 aliphatic heterocycles. The minimum atomic E-state index is -0.519. The number of nitrogens with one attached hydrogen (secondary N) is 1. The molecule has 0 fully saturated rings. The zero-order valence-electron chi connectivity index (χ0n) is 15.5. The standard InChI is InChI=1S/C19H22N2O5S/c1-24-12-8-10(9-13(25-2)16(12)26-3)18(23)21-19-15(17(20)22)11-6-4-5-7-14(11)27-19/h8-9H,4-7H2,1-3H3,(H2,20,22)(H,21,23). The summed E-state index contributed by atoms with van der Waals surface area (Å²) in [5.41, 5.74) is 7.31. The van der Waals surface area contributed by atoms with E-state index in [2.05, 4.69) is 5.32 Å². The van der Waals surface area contributed by atoms with Crippen molar-refractivity contribution in [3.05, 3.63) is 33.7 Å². The number of carbonyl (C=O) groups excluding carboxylic acids is 2. The molecule has 144 valence electrons. The summed E-state index contributed by atoms with van der Waals surface area (Å²) in [5.74, 6) is 0.260. The molecular weight excluding hydrogens is 368 g/mol. The number of methoxy groups -OCH3 is 3. The van der Waals surface area contributed by atoms with E-state index in [9.17, 15) is 9.59 Å². The van der Waals surface area contributed by atoms with E-state index >= 15 is 0 Å². The zero-order valence-corrected chi connectivity index (χ0v) is 16.3. The maximum atomic E-state index is 12.8. The number of benzene rings is 1. The van der Waals surface area contributed by atoms with Crippen LogP contribution in [0.1, 0.15) is 44.0 Å². The highest BCUT2D eigenvalue weighted by atomic mass is 32.1. The Balaban J connectivity index is 1.97. The predicted molar refractivity (Wildman–Crippen MR) is 104 cm³/mol. The fourth-order valence-corrected chi connectivity index (χ4v) is 4.59. The molecule has 1 aliphatic carbocycles. The Morgan fingerprint density at radius 3 is 2.22 bits per heavy atom. The lowest BCUT2D eigenvalue weighted by molar-refractivity contribution is 0.100. The van der Waals surface area contributed by atoms with Gasteiger partial charge in [0.05, 0.1) is 26.9 Å². The molecule has 7 nitrogen and oxygen atoms in total. The number of primary amides is 1. The zero-order chi connectivity index (χ0) is 19.6. The number of carbonyl (C=O) groups is 2. The lowest BCUT2D eigenvalue weighted by atomic mass is 9.95. The third-order valence-corrected chi connectivity index (χ3v) is 5.78. The van der Waals surface area contributed by atoms with Crippen molar-refractivity contribution in [3.63, 3.8) is 0 Å². The van der Waals surface area contributed by atoms with E-state index in [1.54, 1.807) is 12.1 Å². The molecule has 0 bridgehead atoms. The Bertz CT molecular complexity index is 865. The summed E-state index contributed by atoms with van der Waals surface area (Å²) in [4.78, 5) is 25.9. The van der Waals surface area contributed by atoms with Crippen LogP contribution >= 0.6 is 11.3 Å². The second-order valence-electron chi connectivity index (χ2n) is 6.15. The topological polar surface area (TPSA) is 99.9 Å². The smallest absolute Gasteiger partial charge is 0.256 e. The molecule has 0 spiro atoms. The highest BCUT2D eigenvalue weighted by Gasteiger charge is 2.26. The lowest BCUT2D eigenvalue weighted by Crippen LogP contribution is -2.18. The van der Waals surface area contributed by atoms with E-state index < -0.39 is 5.91 Å². The van der Waals surface area contributed by atoms with Crippen molar-refractivity contribution in [1.82, 2.24) is 0 Å². The Morgan fingerprint density at radius 2 is 1.67 bits per heavy atom. The molecule has 1 heterocycles. The van der Waals surface area contributed by atoms with Gasteiger partial charge < -0.3 is 25.3 Å². The first-order valence-electron chi connectivity index (χ1n) is 8.55. The quantitative estimate of drug-likeness (QED) is 0.790. The maximum Gasteiger partial charge on any atom is 0.256 e. The van der Waals surface area contributed by atoms with Crippen LogP contribution < -0.4 is 25.3 Å². The number of nitrogens with two attached hydrogens (primary N) is 1. The van der Waals surface area contributed by atoms with E-state index in [0.717, 1.165) is 36.1 Å². The van der Waals surface area contributed by atoms with Gasteiger partial charge in [-0.05, 0) is 43.4 Å². The SMILES string of the molecule is COc1cc(C(=O)Nc2sc3c(c2C(N)=O)CCCC3)cc(OC)c1OC. The number of aryl methyl sites for hydroxylation is 1. The van der Waals surface area contributed by atoms with Crippen LogP contribution in [-0.2, 0) is 12.8 Å². The number of amides is 2. The van der Waals surface area contributed by atoms with E-state index in [1.165, 1.54) is 32.7 Å². The van der Waals surface area contributed by atoms with Crippen LogP contribution in [0.25, 0.3) is 0 Å². The normalized spacial score (nSPS) is 12.9. The van der Waals surface area contributed by atoms with Crippen molar-refractivity contribution in [2.45, 2.75) is 25.7 Å². The number of rotatable bonds is 6. The molecule has 2 amide bonds. The molecule has 27 heavy (non-hydrogen) atoms. The monoisotopic (exact) mass is 390 g/mol. The van der Waals surface area contributed by atoms with Crippen LogP contribution in [0.3, 0.4) is 0 Å². The molecule has 0 radical (unpaired) electrons. The van der Waals surface area contributed by atoms with Crippen LogP contribution in [0, 0.1) is 0 Å². The van der Waals surface area contributed by atoms with Gasteiger partial charge in [0.2, 0.25) is 5.75 Å². The van der Waals surface area contributed by atoms with E-state index in [-0.39, 0.29) is 5.91 Å². The maximum absolute atomic E-state index is 12.8. The van der Waals surface area contributed by atoms with Crippen LogP contribution in [0.2, 0.25) is 0 Å². The van der Waals surface area contributed by atoms with E-state index in [1.807, 2.05) is 0 Å². The highest BCUT2D eigenvalue weighted by Crippen LogP contribution is 2.40. The minimum Gasteiger partial charge on any atom is -0.493 e. The molecule has 1 aliphatic rings. The predicted octanol–water partition coefficient (Wildman–Crippen LogP) is 3.00. The average molecular weight is 390 g/mol. The number of thiophene rings is 1. The summed E-state index contributed by atoms with van der Waals surface area (Å²) in [7, 11) is 4.46. The molecule has 3 N–H and O–H groups in total. The summed E-state index contributed by atoms with van der Waals surface area (Å²) in [6.45, 7) is 0. The van der Waals surface area contributed by atoms with Gasteiger partial charge in [-0.15, -0.1) is 11.3 Å². The Hall–Kier alpha value is -2.74. The van der Waals surface area contributed by atoms with Gasteiger partial charge in [0.25, 0.3) is 11.8 Å². The van der Waals surface area contributed by atoms with Crippen LogP contribution in [0.15, 0.2) is 12.1 Å². The van der Waals surface area contributed by atoms with Crippen LogP contribution in [-0.4, -0.2) is 33.1 Å². The fourth-order valence-electron chi connectivity index (χ4n) is 3.30. The summed E-state index contributed by atoms with van der Waals surface area (Å²) < 4.78 is 15.9. The van der Waals surface area contributed by atoms with Crippen molar-refractivity contribution < 1.29 is 23.8 Å². The van der Waals surface area contributed by atoms with Gasteiger partial charge in [0.15, 0.2) is 11.5 Å². The van der Waals surface area contributed by atoms with Gasteiger partial charge in [-0.3, -0.25) is 9.59 Å². The van der Waals surface area contributed by atoms with Gasteiger partial charge in [0.1, 0.15) is 5.00 Å². The summed E-state index contributed by atoms with van der Waals surface area (Å²) in [6, 6.07) is 3.13. The second kappa shape index (κ2) is 7.87. The van der Waals surface area contributed by atoms with Crippen LogP contribution in [0.4, 0.5) is 5.00 Å². The van der Waals surface area contributed by atoms with Gasteiger partial charge in [-0.2, -0.15) is 0 Å². The van der Waals surface area contributed by atoms with Crippen molar-refractivity contribution >= 4 is 28.2 Å². The third-order valence-electron chi connectivity index (χ3n) is 4.57. The molecule has 1 aromatic carbocycles. The molecule has 1 aromatic heterocycles. The number of ether oxygens (including phenoxy) is 3. The van der Waals surface area contributed by atoms with Crippen molar-refractivity contribution in [3.8, 4) is 17.2 Å². The summed E-state index contributed by atoms with van der Waals surface area (Å²) >= 11 is 1.42. The Kier molecular flexibility index (Phi) is 5.55. The van der Waals surface area contributed by atoms with Crippen molar-refractivity contribution in [2.75, 3.05) is 26.6 Å². The second-order valence-corrected chi connectivity index (χ2v) is 7.25. The summed E-state index contributed by atoms with van der Waals surface area (Å²) in [6.07, 6.45) is 3.81. The molecule has 3 rings (SSSR count). The fraction of sp³-hybridized carbons (Fsp3) is 0.368. The first-order valence-corrected chi connectivity index (χ1v) is 9.37. The molecule has 0 atom stereocenters. The van der Waals surface area contributed by atoms with Crippen molar-refractivity contribution in [1.29, 1.82) is 0 Å². The van der Waals surface area contributed by atoms with E-state index in [0.29, 0.717) is 33.4 Å². The van der Waals surface area contributed by atoms with Crippen molar-refractivity contribution in [2.24, 2.45) is 5.73 Å². The number of anilines is 1. The molecule has 0 saturated heterocycles. The first-order chi connectivity index (χ1) is 13.0. The largest absolute Gasteiger partial charge is 0.493 e. The third kappa shape index (κ3) is 3.57. The van der Waals surface area contributed by atoms with Gasteiger partial charge >= 0.3 is 0 Å². The Morgan fingerprint density at radius 1 is 1.04 bits per heavy atom. The van der Waals surface area contributed by atoms with Crippen LogP contribution in [0.5, 0.6) is 17.2 Å².